The standard InChI is InChI=1S/C32H44FN7O2/c1-23-10-7-11-24(16-23)37-29-27(33)18-35-30(39-29)38-26-13-8-12-25(17-26)36-28(41)14-9-15-40(6)20-32(4,5)22-42-21-31(2,3)19-34/h7-14,16-18H,15,19-22,34H2,1-6H3,(H,36,41)(H2,35,37,38,39)/b14-9+. The average molecular weight is 578 g/mol. The SMILES string of the molecule is Cc1cccc(Nc2nc(Nc3cccc(NC(=O)/C=C/CN(C)CC(C)(C)COCC(C)(C)CN)c3)ncc2F)c1. The molecule has 1 aromatic heterocycles. The van der Waals surface area contributed by atoms with E-state index < -0.39 is 5.82 Å². The molecule has 3 aromatic rings. The van der Waals surface area contributed by atoms with Crippen LogP contribution in [0, 0.1) is 23.6 Å². The molecule has 0 unspecified atom stereocenters. The van der Waals surface area contributed by atoms with Crippen LogP contribution in [0.5, 0.6) is 0 Å². The predicted molar refractivity (Wildman–Crippen MR) is 169 cm³/mol. The molecular weight excluding hydrogens is 533 g/mol. The van der Waals surface area contributed by atoms with E-state index in [9.17, 15) is 9.18 Å². The Morgan fingerprint density at radius 1 is 1.02 bits per heavy atom. The number of anilines is 5. The van der Waals surface area contributed by atoms with Crippen molar-refractivity contribution in [2.75, 3.05) is 55.8 Å². The van der Waals surface area contributed by atoms with Crippen molar-refractivity contribution >= 4 is 34.7 Å². The number of halogens is 1. The molecule has 0 aliphatic rings. The van der Waals surface area contributed by atoms with Gasteiger partial charge < -0.3 is 31.3 Å². The van der Waals surface area contributed by atoms with Gasteiger partial charge in [0.25, 0.3) is 0 Å². The molecule has 0 radical (unpaired) electrons. The number of aromatic nitrogens is 2. The first-order valence-corrected chi connectivity index (χ1v) is 14.0. The number of nitrogens with zero attached hydrogens (tertiary/aromatic N) is 3. The number of carbonyl (C=O) groups is 1. The molecule has 0 aliphatic carbocycles. The third-order valence-electron chi connectivity index (χ3n) is 6.33. The van der Waals surface area contributed by atoms with Gasteiger partial charge in [-0.05, 0) is 56.4 Å². The number of rotatable bonds is 15. The number of likely N-dealkylation sites (N-methyl/N-ethyl adjacent to an activating group) is 1. The number of ether oxygens (including phenoxy) is 1. The highest BCUT2D eigenvalue weighted by Crippen LogP contribution is 2.23. The van der Waals surface area contributed by atoms with Crippen LogP contribution in [0.3, 0.4) is 0 Å². The molecule has 5 N–H and O–H groups in total. The zero-order valence-electron chi connectivity index (χ0n) is 25.5. The van der Waals surface area contributed by atoms with E-state index in [4.69, 9.17) is 10.5 Å². The van der Waals surface area contributed by atoms with Crippen molar-refractivity contribution in [3.05, 3.63) is 78.3 Å². The number of benzene rings is 2. The normalized spacial score (nSPS) is 12.1. The lowest BCUT2D eigenvalue weighted by Gasteiger charge is -2.31. The number of amides is 1. The minimum Gasteiger partial charge on any atom is -0.380 e. The quantitative estimate of drug-likeness (QED) is 0.166. The van der Waals surface area contributed by atoms with Gasteiger partial charge in [-0.25, -0.2) is 9.37 Å². The van der Waals surface area contributed by atoms with Gasteiger partial charge in [0.1, 0.15) is 0 Å². The van der Waals surface area contributed by atoms with E-state index in [0.29, 0.717) is 37.7 Å². The van der Waals surface area contributed by atoms with Crippen molar-refractivity contribution in [3.8, 4) is 0 Å². The highest BCUT2D eigenvalue weighted by atomic mass is 19.1. The Labute approximate surface area is 248 Å². The molecule has 3 rings (SSSR count). The molecule has 1 heterocycles. The fraction of sp³-hybridized carbons (Fsp3) is 0.406. The summed E-state index contributed by atoms with van der Waals surface area (Å²) in [6.07, 6.45) is 4.47. The molecule has 2 aromatic carbocycles. The van der Waals surface area contributed by atoms with Crippen LogP contribution in [-0.4, -0.2) is 60.7 Å². The average Bonchev–Trinajstić information content (AvgIpc) is 2.90. The molecule has 9 nitrogen and oxygen atoms in total. The van der Waals surface area contributed by atoms with Crippen LogP contribution in [0.1, 0.15) is 33.3 Å². The summed E-state index contributed by atoms with van der Waals surface area (Å²) >= 11 is 0. The van der Waals surface area contributed by atoms with Gasteiger partial charge in [0.2, 0.25) is 11.9 Å². The number of aryl methyl sites for hydroxylation is 1. The monoisotopic (exact) mass is 577 g/mol. The van der Waals surface area contributed by atoms with Crippen molar-refractivity contribution < 1.29 is 13.9 Å². The highest BCUT2D eigenvalue weighted by Gasteiger charge is 2.23. The van der Waals surface area contributed by atoms with Crippen LogP contribution >= 0.6 is 0 Å². The lowest BCUT2D eigenvalue weighted by molar-refractivity contribution is -0.111. The summed E-state index contributed by atoms with van der Waals surface area (Å²) < 4.78 is 20.3. The summed E-state index contributed by atoms with van der Waals surface area (Å²) in [4.78, 5) is 23.0. The fourth-order valence-corrected chi connectivity index (χ4v) is 4.21. The fourth-order valence-electron chi connectivity index (χ4n) is 4.21. The smallest absolute Gasteiger partial charge is 0.248 e. The molecule has 0 bridgehead atoms. The van der Waals surface area contributed by atoms with Gasteiger partial charge >= 0.3 is 0 Å². The zero-order chi connectivity index (χ0) is 30.8. The molecule has 0 saturated carbocycles. The molecule has 42 heavy (non-hydrogen) atoms. The van der Waals surface area contributed by atoms with Crippen molar-refractivity contribution in [2.45, 2.75) is 34.6 Å². The van der Waals surface area contributed by atoms with Crippen LogP contribution < -0.4 is 21.7 Å². The Bertz CT molecular complexity index is 1360. The van der Waals surface area contributed by atoms with Gasteiger partial charge in [-0.1, -0.05) is 52.0 Å². The Morgan fingerprint density at radius 2 is 1.69 bits per heavy atom. The number of nitrogens with one attached hydrogen (secondary N) is 3. The molecule has 1 amide bonds. The molecule has 0 saturated heterocycles. The molecule has 0 aliphatic heterocycles. The summed E-state index contributed by atoms with van der Waals surface area (Å²) in [6.45, 7) is 13.7. The van der Waals surface area contributed by atoms with E-state index in [1.54, 1.807) is 18.2 Å². The van der Waals surface area contributed by atoms with Gasteiger partial charge in [-0.15, -0.1) is 0 Å². The molecular formula is C32H44FN7O2. The summed E-state index contributed by atoms with van der Waals surface area (Å²) in [7, 11) is 2.02. The van der Waals surface area contributed by atoms with Gasteiger partial charge in [-0.2, -0.15) is 4.98 Å². The van der Waals surface area contributed by atoms with E-state index >= 15 is 0 Å². The van der Waals surface area contributed by atoms with Crippen molar-refractivity contribution in [1.82, 2.24) is 14.9 Å². The second-order valence-corrected chi connectivity index (χ2v) is 12.2. The summed E-state index contributed by atoms with van der Waals surface area (Å²) in [5.74, 6) is -0.530. The van der Waals surface area contributed by atoms with E-state index in [-0.39, 0.29) is 28.5 Å². The highest BCUT2D eigenvalue weighted by molar-refractivity contribution is 5.99. The van der Waals surface area contributed by atoms with Crippen LogP contribution in [0.15, 0.2) is 66.9 Å². The maximum Gasteiger partial charge on any atom is 0.248 e. The Hall–Kier alpha value is -3.86. The minimum atomic E-state index is -0.566. The molecule has 0 fully saturated rings. The van der Waals surface area contributed by atoms with E-state index in [1.165, 1.54) is 6.08 Å². The minimum absolute atomic E-state index is 0.0365. The van der Waals surface area contributed by atoms with Crippen molar-refractivity contribution in [1.29, 1.82) is 0 Å². The third-order valence-corrected chi connectivity index (χ3v) is 6.33. The summed E-state index contributed by atoms with van der Waals surface area (Å²) in [5.41, 5.74) is 8.71. The number of nitrogens with two attached hydrogens (primary N) is 1. The van der Waals surface area contributed by atoms with Crippen LogP contribution in [0.2, 0.25) is 0 Å². The number of hydrogen-bond donors (Lipinski definition) is 4. The maximum absolute atomic E-state index is 14.4. The van der Waals surface area contributed by atoms with Crippen LogP contribution in [-0.2, 0) is 9.53 Å². The zero-order valence-corrected chi connectivity index (χ0v) is 25.5. The summed E-state index contributed by atoms with van der Waals surface area (Å²) in [5, 5.41) is 8.92. The van der Waals surface area contributed by atoms with Gasteiger partial charge in [-0.3, -0.25) is 4.79 Å². The van der Waals surface area contributed by atoms with Gasteiger partial charge in [0, 0.05) is 47.1 Å². The molecule has 0 atom stereocenters. The lowest BCUT2D eigenvalue weighted by Crippen LogP contribution is -2.37. The first-order chi connectivity index (χ1) is 19.8. The van der Waals surface area contributed by atoms with E-state index in [0.717, 1.165) is 24.0 Å². The molecule has 226 valence electrons. The summed E-state index contributed by atoms with van der Waals surface area (Å²) in [6, 6.07) is 14.7. The third kappa shape index (κ3) is 11.2. The largest absolute Gasteiger partial charge is 0.380 e. The van der Waals surface area contributed by atoms with E-state index in [2.05, 4.69) is 58.5 Å². The first kappa shape index (κ1) is 32.7. The number of carbonyl (C=O) groups excluding carboxylic acids is 1. The predicted octanol–water partition coefficient (Wildman–Crippen LogP) is 5.87. The topological polar surface area (TPSA) is 117 Å². The first-order valence-electron chi connectivity index (χ1n) is 14.0. The Morgan fingerprint density at radius 3 is 2.40 bits per heavy atom. The second-order valence-electron chi connectivity index (χ2n) is 12.2. The Kier molecular flexibility index (Phi) is 11.6. The maximum atomic E-state index is 14.4. The lowest BCUT2D eigenvalue weighted by atomic mass is 9.93. The van der Waals surface area contributed by atoms with Crippen molar-refractivity contribution in [2.24, 2.45) is 16.6 Å². The van der Waals surface area contributed by atoms with Gasteiger partial charge in [0.05, 0.1) is 19.4 Å². The Balaban J connectivity index is 1.50. The second kappa shape index (κ2) is 14.9. The van der Waals surface area contributed by atoms with Crippen molar-refractivity contribution in [3.63, 3.8) is 0 Å². The van der Waals surface area contributed by atoms with Crippen LogP contribution in [0.25, 0.3) is 0 Å². The van der Waals surface area contributed by atoms with E-state index in [1.807, 2.05) is 50.4 Å². The molecule has 10 heteroatoms. The van der Waals surface area contributed by atoms with Crippen LogP contribution in [0.4, 0.5) is 33.2 Å². The molecule has 0 spiro atoms. The number of hydrogen-bond acceptors (Lipinski definition) is 8. The van der Waals surface area contributed by atoms with Gasteiger partial charge in [0.15, 0.2) is 11.6 Å².